The highest BCUT2D eigenvalue weighted by Gasteiger charge is 2.19. The van der Waals surface area contributed by atoms with Gasteiger partial charge in [-0.1, -0.05) is 31.0 Å². The Labute approximate surface area is 151 Å². The fourth-order valence-electron chi connectivity index (χ4n) is 2.93. The van der Waals surface area contributed by atoms with Gasteiger partial charge in [-0.25, -0.2) is 4.98 Å². The number of Topliss-reactive ketones (excluding diaryl/α,β-unsaturated/α-hetero) is 1. The Morgan fingerprint density at radius 2 is 1.92 bits per heavy atom. The van der Waals surface area contributed by atoms with E-state index >= 15 is 0 Å². The minimum atomic E-state index is -0.101. The van der Waals surface area contributed by atoms with Gasteiger partial charge in [-0.05, 0) is 37.1 Å². The number of hydrogen-bond acceptors (Lipinski definition) is 5. The van der Waals surface area contributed by atoms with Crippen LogP contribution in [0.4, 0.5) is 0 Å². The van der Waals surface area contributed by atoms with Crippen LogP contribution in [-0.4, -0.2) is 33.5 Å². The number of thioether (sulfide) groups is 1. The molecule has 1 fully saturated rings. The van der Waals surface area contributed by atoms with E-state index in [0.29, 0.717) is 16.2 Å². The number of carbonyl (C=O) groups is 2. The smallest absolute Gasteiger partial charge is 0.254 e. The van der Waals surface area contributed by atoms with Crippen LogP contribution in [-0.2, 0) is 0 Å². The fraction of sp³-hybridized carbons (Fsp3) is 0.368. The molecule has 2 heterocycles. The molecular weight excluding hydrogens is 334 g/mol. The Morgan fingerprint density at radius 3 is 2.68 bits per heavy atom. The van der Waals surface area contributed by atoms with E-state index in [0.717, 1.165) is 12.8 Å². The van der Waals surface area contributed by atoms with Crippen molar-refractivity contribution in [2.75, 3.05) is 5.75 Å². The molecule has 6 heteroatoms. The summed E-state index contributed by atoms with van der Waals surface area (Å²) in [7, 11) is 0. The molecule has 1 amide bonds. The van der Waals surface area contributed by atoms with Gasteiger partial charge in [0.1, 0.15) is 5.03 Å². The maximum absolute atomic E-state index is 12.6. The maximum atomic E-state index is 12.6. The molecule has 25 heavy (non-hydrogen) atoms. The van der Waals surface area contributed by atoms with Gasteiger partial charge in [0.05, 0.1) is 11.3 Å². The number of hydrogen-bond donors (Lipinski definition) is 1. The van der Waals surface area contributed by atoms with Crippen LogP contribution in [0.3, 0.4) is 0 Å². The lowest BCUT2D eigenvalue weighted by Gasteiger charge is -2.23. The first-order valence-corrected chi connectivity index (χ1v) is 9.54. The summed E-state index contributed by atoms with van der Waals surface area (Å²) < 4.78 is 0. The molecule has 0 aliphatic heterocycles. The van der Waals surface area contributed by atoms with Gasteiger partial charge in [-0.15, -0.1) is 0 Å². The first kappa shape index (κ1) is 17.6. The molecule has 2 aromatic rings. The first-order valence-electron chi connectivity index (χ1n) is 8.56. The fourth-order valence-corrected chi connectivity index (χ4v) is 3.82. The van der Waals surface area contributed by atoms with Crippen molar-refractivity contribution in [2.45, 2.75) is 43.2 Å². The highest BCUT2D eigenvalue weighted by molar-refractivity contribution is 8.00. The molecule has 2 aromatic heterocycles. The van der Waals surface area contributed by atoms with Crippen molar-refractivity contribution in [3.05, 3.63) is 54.0 Å². The zero-order valence-electron chi connectivity index (χ0n) is 14.0. The summed E-state index contributed by atoms with van der Waals surface area (Å²) in [6.45, 7) is 0. The minimum Gasteiger partial charge on any atom is -0.349 e. The van der Waals surface area contributed by atoms with Crippen LogP contribution in [0.5, 0.6) is 0 Å². The van der Waals surface area contributed by atoms with Gasteiger partial charge in [-0.2, -0.15) is 0 Å². The monoisotopic (exact) mass is 355 g/mol. The number of nitrogens with one attached hydrogen (secondary N) is 1. The third-order valence-corrected chi connectivity index (χ3v) is 5.28. The van der Waals surface area contributed by atoms with Gasteiger partial charge in [0.15, 0.2) is 5.78 Å². The normalized spacial score (nSPS) is 14.9. The third kappa shape index (κ3) is 4.89. The Morgan fingerprint density at radius 1 is 1.12 bits per heavy atom. The average Bonchev–Trinajstić information content (AvgIpc) is 2.68. The summed E-state index contributed by atoms with van der Waals surface area (Å²) in [5, 5.41) is 3.70. The van der Waals surface area contributed by atoms with Crippen LogP contribution in [0.1, 0.15) is 52.8 Å². The van der Waals surface area contributed by atoms with E-state index in [4.69, 9.17) is 0 Å². The van der Waals surface area contributed by atoms with Crippen LogP contribution in [0.2, 0.25) is 0 Å². The second kappa shape index (κ2) is 8.76. The summed E-state index contributed by atoms with van der Waals surface area (Å²) in [6, 6.07) is 7.24. The van der Waals surface area contributed by atoms with Crippen LogP contribution in [0.25, 0.3) is 0 Å². The SMILES string of the molecule is O=C(CSc1ncccc1C(=O)NC1CCCCC1)c1cccnc1. The van der Waals surface area contributed by atoms with Crippen molar-refractivity contribution in [3.63, 3.8) is 0 Å². The molecular formula is C19H21N3O2S. The molecule has 0 spiro atoms. The Bertz CT molecular complexity index is 730. The Hall–Kier alpha value is -2.21. The highest BCUT2D eigenvalue weighted by atomic mass is 32.2. The van der Waals surface area contributed by atoms with Crippen molar-refractivity contribution < 1.29 is 9.59 Å². The van der Waals surface area contributed by atoms with Gasteiger partial charge in [0.2, 0.25) is 0 Å². The number of ketones is 1. The van der Waals surface area contributed by atoms with Crippen molar-refractivity contribution in [3.8, 4) is 0 Å². The Kier molecular flexibility index (Phi) is 6.17. The average molecular weight is 355 g/mol. The number of pyridine rings is 2. The topological polar surface area (TPSA) is 72.0 Å². The molecule has 0 bridgehead atoms. The van der Waals surface area contributed by atoms with E-state index in [2.05, 4.69) is 15.3 Å². The summed E-state index contributed by atoms with van der Waals surface area (Å²) in [5.41, 5.74) is 1.11. The summed E-state index contributed by atoms with van der Waals surface area (Å²) in [5.74, 6) is 0.102. The number of carbonyl (C=O) groups excluding carboxylic acids is 2. The summed E-state index contributed by atoms with van der Waals surface area (Å²) in [6.07, 6.45) is 10.5. The predicted octanol–water partition coefficient (Wildman–Crippen LogP) is 3.51. The molecule has 3 rings (SSSR count). The van der Waals surface area contributed by atoms with Gasteiger partial charge in [-0.3, -0.25) is 14.6 Å². The largest absolute Gasteiger partial charge is 0.349 e. The van der Waals surface area contributed by atoms with Gasteiger partial charge in [0, 0.05) is 30.2 Å². The van der Waals surface area contributed by atoms with E-state index in [1.165, 1.54) is 31.0 Å². The molecule has 1 aliphatic rings. The number of nitrogens with zero attached hydrogens (tertiary/aromatic N) is 2. The second-order valence-electron chi connectivity index (χ2n) is 6.12. The number of amides is 1. The van der Waals surface area contributed by atoms with Gasteiger partial charge >= 0.3 is 0 Å². The van der Waals surface area contributed by atoms with Crippen LogP contribution in [0.15, 0.2) is 47.9 Å². The van der Waals surface area contributed by atoms with Crippen molar-refractivity contribution in [1.82, 2.24) is 15.3 Å². The minimum absolute atomic E-state index is 0.0256. The van der Waals surface area contributed by atoms with Crippen molar-refractivity contribution in [1.29, 1.82) is 0 Å². The van der Waals surface area contributed by atoms with E-state index in [-0.39, 0.29) is 23.5 Å². The number of rotatable bonds is 6. The lowest BCUT2D eigenvalue weighted by Crippen LogP contribution is -2.36. The van der Waals surface area contributed by atoms with E-state index < -0.39 is 0 Å². The molecule has 1 aliphatic carbocycles. The van der Waals surface area contributed by atoms with Crippen molar-refractivity contribution in [2.24, 2.45) is 0 Å². The molecule has 0 saturated heterocycles. The van der Waals surface area contributed by atoms with E-state index in [1.807, 2.05) is 0 Å². The molecule has 0 aromatic carbocycles. The zero-order chi connectivity index (χ0) is 17.5. The third-order valence-electron chi connectivity index (χ3n) is 4.28. The summed E-state index contributed by atoms with van der Waals surface area (Å²) >= 11 is 1.29. The maximum Gasteiger partial charge on any atom is 0.254 e. The molecule has 5 nitrogen and oxygen atoms in total. The second-order valence-corrected chi connectivity index (χ2v) is 7.08. The highest BCUT2D eigenvalue weighted by Crippen LogP contribution is 2.23. The lowest BCUT2D eigenvalue weighted by atomic mass is 9.95. The molecule has 1 saturated carbocycles. The molecule has 130 valence electrons. The quantitative estimate of drug-likeness (QED) is 0.634. The zero-order valence-corrected chi connectivity index (χ0v) is 14.8. The van der Waals surface area contributed by atoms with Gasteiger partial charge in [0.25, 0.3) is 5.91 Å². The summed E-state index contributed by atoms with van der Waals surface area (Å²) in [4.78, 5) is 33.1. The van der Waals surface area contributed by atoms with Crippen LogP contribution in [0, 0.1) is 0 Å². The number of aromatic nitrogens is 2. The van der Waals surface area contributed by atoms with Gasteiger partial charge < -0.3 is 5.32 Å². The van der Waals surface area contributed by atoms with Crippen molar-refractivity contribution >= 4 is 23.5 Å². The molecule has 0 unspecified atom stereocenters. The lowest BCUT2D eigenvalue weighted by molar-refractivity contribution is 0.0923. The van der Waals surface area contributed by atoms with E-state index in [1.54, 1.807) is 42.9 Å². The van der Waals surface area contributed by atoms with Crippen LogP contribution >= 0.6 is 11.8 Å². The van der Waals surface area contributed by atoms with Crippen LogP contribution < -0.4 is 5.32 Å². The molecule has 1 N–H and O–H groups in total. The molecule has 0 atom stereocenters. The van der Waals surface area contributed by atoms with E-state index in [9.17, 15) is 9.59 Å². The predicted molar refractivity (Wildman–Crippen MR) is 97.9 cm³/mol. The molecule has 0 radical (unpaired) electrons. The standard InChI is InChI=1S/C19H21N3O2S/c23-17(14-6-4-10-20-12-14)13-25-19-16(9-5-11-21-19)18(24)22-15-7-2-1-3-8-15/h4-6,9-12,15H,1-3,7-8,13H2,(H,22,24). The first-order chi connectivity index (χ1) is 12.2. The Balaban J connectivity index is 1.64.